The molecule has 0 unspecified atom stereocenters. The van der Waals surface area contributed by atoms with Crippen molar-refractivity contribution in [3.63, 3.8) is 0 Å². The molecule has 0 aliphatic heterocycles. The first-order valence-corrected chi connectivity index (χ1v) is 6.73. The summed E-state index contributed by atoms with van der Waals surface area (Å²) in [6.45, 7) is 5.11. The van der Waals surface area contributed by atoms with Gasteiger partial charge in [-0.25, -0.2) is 4.98 Å². The molecular weight excluding hydrogens is 284 g/mol. The van der Waals surface area contributed by atoms with Crippen LogP contribution in [0.4, 0.5) is 0 Å². The molecule has 0 radical (unpaired) electrons. The van der Waals surface area contributed by atoms with E-state index < -0.39 is 0 Å². The lowest BCUT2D eigenvalue weighted by Crippen LogP contribution is -2.12. The fourth-order valence-electron chi connectivity index (χ4n) is 1.44. The SMILES string of the molecule is CC(C)OCCOc1cc(Br)nc(C2CC2)n1. The number of hydrogen-bond acceptors (Lipinski definition) is 4. The zero-order valence-corrected chi connectivity index (χ0v) is 11.7. The van der Waals surface area contributed by atoms with Crippen LogP contribution in [0, 0.1) is 0 Å². The molecule has 0 spiro atoms. The van der Waals surface area contributed by atoms with Gasteiger partial charge in [-0.2, -0.15) is 4.98 Å². The highest BCUT2D eigenvalue weighted by Gasteiger charge is 2.27. The molecule has 0 bridgehead atoms. The number of rotatable bonds is 6. The predicted molar refractivity (Wildman–Crippen MR) is 68.3 cm³/mol. The highest BCUT2D eigenvalue weighted by molar-refractivity contribution is 9.10. The maximum Gasteiger partial charge on any atom is 0.217 e. The van der Waals surface area contributed by atoms with Gasteiger partial charge in [-0.05, 0) is 42.6 Å². The van der Waals surface area contributed by atoms with Crippen LogP contribution in [0.2, 0.25) is 0 Å². The number of hydrogen-bond donors (Lipinski definition) is 0. The van der Waals surface area contributed by atoms with Crippen LogP contribution >= 0.6 is 15.9 Å². The molecule has 1 saturated carbocycles. The fraction of sp³-hybridized carbons (Fsp3) is 0.667. The van der Waals surface area contributed by atoms with E-state index in [-0.39, 0.29) is 6.10 Å². The summed E-state index contributed by atoms with van der Waals surface area (Å²) in [5.74, 6) is 2.04. The summed E-state index contributed by atoms with van der Waals surface area (Å²) in [5.41, 5.74) is 0. The highest BCUT2D eigenvalue weighted by atomic mass is 79.9. The van der Waals surface area contributed by atoms with Gasteiger partial charge in [0.05, 0.1) is 12.7 Å². The first-order valence-electron chi connectivity index (χ1n) is 5.94. The Bertz CT molecular complexity index is 381. The fourth-order valence-corrected chi connectivity index (χ4v) is 1.82. The third-order valence-corrected chi connectivity index (χ3v) is 2.82. The van der Waals surface area contributed by atoms with E-state index in [0.29, 0.717) is 25.0 Å². The summed E-state index contributed by atoms with van der Waals surface area (Å²) >= 11 is 3.38. The smallest absolute Gasteiger partial charge is 0.217 e. The van der Waals surface area contributed by atoms with Crippen LogP contribution in [-0.2, 0) is 4.74 Å². The first kappa shape index (κ1) is 12.8. The molecule has 4 nitrogen and oxygen atoms in total. The van der Waals surface area contributed by atoms with E-state index in [1.165, 1.54) is 12.8 Å². The summed E-state index contributed by atoms with van der Waals surface area (Å²) in [6.07, 6.45) is 2.61. The van der Waals surface area contributed by atoms with Crippen molar-refractivity contribution in [2.24, 2.45) is 0 Å². The largest absolute Gasteiger partial charge is 0.475 e. The van der Waals surface area contributed by atoms with Gasteiger partial charge in [0, 0.05) is 12.0 Å². The van der Waals surface area contributed by atoms with Crippen LogP contribution in [0.1, 0.15) is 38.4 Å². The molecule has 94 valence electrons. The topological polar surface area (TPSA) is 44.2 Å². The van der Waals surface area contributed by atoms with E-state index in [4.69, 9.17) is 9.47 Å². The second-order valence-electron chi connectivity index (χ2n) is 4.43. The summed E-state index contributed by atoms with van der Waals surface area (Å²) < 4.78 is 11.7. The number of nitrogens with zero attached hydrogens (tertiary/aromatic N) is 2. The molecule has 1 aliphatic rings. The van der Waals surface area contributed by atoms with Gasteiger partial charge in [0.1, 0.15) is 17.0 Å². The Balaban J connectivity index is 1.87. The van der Waals surface area contributed by atoms with Crippen molar-refractivity contribution in [1.82, 2.24) is 9.97 Å². The number of aromatic nitrogens is 2. The Labute approximate surface area is 110 Å². The van der Waals surface area contributed by atoms with Gasteiger partial charge in [0.25, 0.3) is 0 Å². The quantitative estimate of drug-likeness (QED) is 0.598. The van der Waals surface area contributed by atoms with Crippen molar-refractivity contribution >= 4 is 15.9 Å². The molecular formula is C12H17BrN2O2. The zero-order valence-electron chi connectivity index (χ0n) is 10.1. The normalized spacial score (nSPS) is 15.3. The molecule has 1 fully saturated rings. The maximum atomic E-state index is 5.55. The van der Waals surface area contributed by atoms with Crippen molar-refractivity contribution in [3.8, 4) is 5.88 Å². The Morgan fingerprint density at radius 1 is 1.35 bits per heavy atom. The average molecular weight is 301 g/mol. The average Bonchev–Trinajstić information content (AvgIpc) is 3.07. The van der Waals surface area contributed by atoms with Crippen molar-refractivity contribution < 1.29 is 9.47 Å². The van der Waals surface area contributed by atoms with Crippen LogP contribution < -0.4 is 4.74 Å². The molecule has 0 atom stereocenters. The summed E-state index contributed by atoms with van der Waals surface area (Å²) in [4.78, 5) is 8.74. The molecule has 5 heteroatoms. The lowest BCUT2D eigenvalue weighted by atomic mass is 10.4. The van der Waals surface area contributed by atoms with Crippen LogP contribution in [0.3, 0.4) is 0 Å². The van der Waals surface area contributed by atoms with Crippen molar-refractivity contribution in [3.05, 3.63) is 16.5 Å². The standard InChI is InChI=1S/C12H17BrN2O2/c1-8(2)16-5-6-17-11-7-10(13)14-12(15-11)9-3-4-9/h7-9H,3-6H2,1-2H3. The van der Waals surface area contributed by atoms with E-state index in [1.807, 2.05) is 13.8 Å². The van der Waals surface area contributed by atoms with Gasteiger partial charge in [0.15, 0.2) is 0 Å². The summed E-state index contributed by atoms with van der Waals surface area (Å²) in [5, 5.41) is 0. The van der Waals surface area contributed by atoms with Crippen LogP contribution in [0.15, 0.2) is 10.7 Å². The van der Waals surface area contributed by atoms with Crippen molar-refractivity contribution in [1.29, 1.82) is 0 Å². The van der Waals surface area contributed by atoms with Gasteiger partial charge in [-0.3, -0.25) is 0 Å². The Morgan fingerprint density at radius 2 is 2.12 bits per heavy atom. The first-order chi connectivity index (χ1) is 8.15. The third kappa shape index (κ3) is 4.24. The van der Waals surface area contributed by atoms with Gasteiger partial charge in [0.2, 0.25) is 5.88 Å². The molecule has 0 aromatic carbocycles. The maximum absolute atomic E-state index is 5.55. The molecule has 1 aliphatic carbocycles. The van der Waals surface area contributed by atoms with E-state index >= 15 is 0 Å². The third-order valence-electron chi connectivity index (χ3n) is 2.42. The van der Waals surface area contributed by atoms with Crippen molar-refractivity contribution in [2.45, 2.75) is 38.7 Å². The Morgan fingerprint density at radius 3 is 2.76 bits per heavy atom. The summed E-state index contributed by atoms with van der Waals surface area (Å²) in [7, 11) is 0. The molecule has 2 rings (SSSR count). The van der Waals surface area contributed by atoms with E-state index in [0.717, 1.165) is 10.4 Å². The van der Waals surface area contributed by atoms with Gasteiger partial charge >= 0.3 is 0 Å². The molecule has 0 N–H and O–H groups in total. The minimum absolute atomic E-state index is 0.234. The molecule has 0 saturated heterocycles. The van der Waals surface area contributed by atoms with E-state index in [2.05, 4.69) is 25.9 Å². The minimum atomic E-state index is 0.234. The number of ether oxygens (including phenoxy) is 2. The van der Waals surface area contributed by atoms with Crippen molar-refractivity contribution in [2.75, 3.05) is 13.2 Å². The monoisotopic (exact) mass is 300 g/mol. The second-order valence-corrected chi connectivity index (χ2v) is 5.24. The molecule has 17 heavy (non-hydrogen) atoms. The van der Waals surface area contributed by atoms with Crippen LogP contribution in [0.25, 0.3) is 0 Å². The minimum Gasteiger partial charge on any atom is -0.475 e. The van der Waals surface area contributed by atoms with E-state index in [9.17, 15) is 0 Å². The predicted octanol–water partition coefficient (Wildman–Crippen LogP) is 2.92. The molecule has 1 heterocycles. The Hall–Kier alpha value is -0.680. The number of halogens is 1. The van der Waals surface area contributed by atoms with E-state index in [1.54, 1.807) is 6.07 Å². The molecule has 0 amide bonds. The van der Waals surface area contributed by atoms with Crippen LogP contribution in [-0.4, -0.2) is 29.3 Å². The van der Waals surface area contributed by atoms with Crippen LogP contribution in [0.5, 0.6) is 5.88 Å². The molecule has 1 aromatic rings. The lowest BCUT2D eigenvalue weighted by molar-refractivity contribution is 0.0541. The lowest BCUT2D eigenvalue weighted by Gasteiger charge is -2.09. The van der Waals surface area contributed by atoms with Gasteiger partial charge < -0.3 is 9.47 Å². The van der Waals surface area contributed by atoms with Gasteiger partial charge in [-0.15, -0.1) is 0 Å². The molecule has 1 aromatic heterocycles. The van der Waals surface area contributed by atoms with Gasteiger partial charge in [-0.1, -0.05) is 0 Å². The highest BCUT2D eigenvalue weighted by Crippen LogP contribution is 2.38. The Kier molecular flexibility index (Phi) is 4.34. The second kappa shape index (κ2) is 5.78. The summed E-state index contributed by atoms with van der Waals surface area (Å²) in [6, 6.07) is 1.79. The zero-order chi connectivity index (χ0) is 12.3.